The summed E-state index contributed by atoms with van der Waals surface area (Å²) in [6, 6.07) is 12.4. The quantitative estimate of drug-likeness (QED) is 0.912. The smallest absolute Gasteiger partial charge is 0.240 e. The van der Waals surface area contributed by atoms with Crippen molar-refractivity contribution in [3.63, 3.8) is 0 Å². The lowest BCUT2D eigenvalue weighted by Gasteiger charge is -2.08. The Hall–Kier alpha value is -1.56. The molecule has 116 valence electrons. The van der Waals surface area contributed by atoms with Crippen molar-refractivity contribution in [2.24, 2.45) is 0 Å². The molecule has 0 atom stereocenters. The Morgan fingerprint density at radius 1 is 1.18 bits per heavy atom. The number of halogens is 1. The van der Waals surface area contributed by atoms with E-state index >= 15 is 0 Å². The summed E-state index contributed by atoms with van der Waals surface area (Å²) in [5, 5.41) is 0.652. The molecule has 0 radical (unpaired) electrons. The van der Waals surface area contributed by atoms with Crippen LogP contribution in [0.25, 0.3) is 0 Å². The molecule has 1 aliphatic heterocycles. The fraction of sp³-hybridized carbons (Fsp3) is 0.250. The highest BCUT2D eigenvalue weighted by atomic mass is 35.5. The van der Waals surface area contributed by atoms with Gasteiger partial charge in [-0.3, -0.25) is 0 Å². The first kappa shape index (κ1) is 15.3. The van der Waals surface area contributed by atoms with Crippen molar-refractivity contribution in [3.05, 3.63) is 58.6 Å². The minimum Gasteiger partial charge on any atom is -0.493 e. The fourth-order valence-corrected chi connectivity index (χ4v) is 3.73. The third kappa shape index (κ3) is 3.43. The van der Waals surface area contributed by atoms with E-state index in [1.807, 2.05) is 18.2 Å². The summed E-state index contributed by atoms with van der Waals surface area (Å²) in [6.45, 7) is 0.942. The van der Waals surface area contributed by atoms with Crippen LogP contribution in [0.1, 0.15) is 11.1 Å². The number of ether oxygens (including phenoxy) is 1. The summed E-state index contributed by atoms with van der Waals surface area (Å²) >= 11 is 5.91. The molecule has 2 aromatic carbocycles. The zero-order valence-electron chi connectivity index (χ0n) is 11.9. The van der Waals surface area contributed by atoms with Crippen molar-refractivity contribution >= 4 is 21.6 Å². The number of benzene rings is 2. The van der Waals surface area contributed by atoms with Crippen molar-refractivity contribution in [2.45, 2.75) is 17.7 Å². The molecule has 3 rings (SSSR count). The van der Waals surface area contributed by atoms with E-state index in [-0.39, 0.29) is 4.90 Å². The van der Waals surface area contributed by atoms with E-state index in [1.165, 1.54) is 0 Å². The van der Waals surface area contributed by atoms with E-state index < -0.39 is 10.0 Å². The highest BCUT2D eigenvalue weighted by Crippen LogP contribution is 2.27. The van der Waals surface area contributed by atoms with E-state index in [2.05, 4.69) is 4.72 Å². The normalized spacial score (nSPS) is 13.7. The Morgan fingerprint density at radius 2 is 2.05 bits per heavy atom. The number of nitrogens with one attached hydrogen (secondary N) is 1. The van der Waals surface area contributed by atoms with Crippen molar-refractivity contribution in [2.75, 3.05) is 13.2 Å². The summed E-state index contributed by atoms with van der Waals surface area (Å²) < 4.78 is 32.6. The van der Waals surface area contributed by atoms with Gasteiger partial charge in [-0.25, -0.2) is 13.1 Å². The molecular weight excluding hydrogens is 322 g/mol. The lowest BCUT2D eigenvalue weighted by molar-refractivity contribution is 0.356. The first-order valence-electron chi connectivity index (χ1n) is 7.04. The molecule has 0 aliphatic carbocycles. The van der Waals surface area contributed by atoms with Gasteiger partial charge in [-0.15, -0.1) is 0 Å². The van der Waals surface area contributed by atoms with E-state index in [0.717, 1.165) is 23.3 Å². The van der Waals surface area contributed by atoms with E-state index in [4.69, 9.17) is 16.3 Å². The predicted octanol–water partition coefficient (Wildman–Crippen LogP) is 2.80. The number of rotatable bonds is 5. The Bertz CT molecular complexity index is 790. The van der Waals surface area contributed by atoms with Crippen LogP contribution in [0.2, 0.25) is 5.02 Å². The van der Waals surface area contributed by atoms with Crippen LogP contribution in [-0.4, -0.2) is 21.6 Å². The SMILES string of the molecule is O=S(=O)(NCCc1cccc(Cl)c1)c1ccc2c(c1)CCO2. The van der Waals surface area contributed by atoms with Gasteiger partial charge in [0, 0.05) is 18.0 Å². The molecule has 2 aromatic rings. The Labute approximate surface area is 135 Å². The third-order valence-electron chi connectivity index (χ3n) is 3.57. The van der Waals surface area contributed by atoms with Crippen molar-refractivity contribution < 1.29 is 13.2 Å². The molecule has 0 bridgehead atoms. The zero-order chi connectivity index (χ0) is 15.6. The molecular formula is C16H16ClNO3S. The molecule has 1 N–H and O–H groups in total. The van der Waals surface area contributed by atoms with Gasteiger partial charge < -0.3 is 4.74 Å². The molecule has 0 saturated heterocycles. The van der Waals surface area contributed by atoms with Crippen LogP contribution < -0.4 is 9.46 Å². The molecule has 4 nitrogen and oxygen atoms in total. The number of sulfonamides is 1. The van der Waals surface area contributed by atoms with Gasteiger partial charge in [0.2, 0.25) is 10.0 Å². The van der Waals surface area contributed by atoms with Gasteiger partial charge in [0.15, 0.2) is 0 Å². The number of fused-ring (bicyclic) bond motifs is 1. The van der Waals surface area contributed by atoms with Crippen molar-refractivity contribution in [1.29, 1.82) is 0 Å². The van der Waals surface area contributed by atoms with E-state index in [9.17, 15) is 8.42 Å². The maximum Gasteiger partial charge on any atom is 0.240 e. The average molecular weight is 338 g/mol. The molecule has 22 heavy (non-hydrogen) atoms. The lowest BCUT2D eigenvalue weighted by atomic mass is 10.2. The van der Waals surface area contributed by atoms with Crippen LogP contribution in [0.3, 0.4) is 0 Å². The molecule has 0 aromatic heterocycles. The second kappa shape index (κ2) is 6.28. The average Bonchev–Trinajstić information content (AvgIpc) is 2.94. The first-order chi connectivity index (χ1) is 10.5. The maximum atomic E-state index is 12.3. The minimum absolute atomic E-state index is 0.280. The van der Waals surface area contributed by atoms with Gasteiger partial charge in [-0.05, 0) is 47.9 Å². The van der Waals surface area contributed by atoms with Crippen LogP contribution in [0.4, 0.5) is 0 Å². The molecule has 0 amide bonds. The van der Waals surface area contributed by atoms with Crippen molar-refractivity contribution in [3.8, 4) is 5.75 Å². The lowest BCUT2D eigenvalue weighted by Crippen LogP contribution is -2.26. The molecule has 6 heteroatoms. The van der Waals surface area contributed by atoms with Gasteiger partial charge in [0.1, 0.15) is 5.75 Å². The van der Waals surface area contributed by atoms with Gasteiger partial charge in [-0.2, -0.15) is 0 Å². The topological polar surface area (TPSA) is 55.4 Å². The second-order valence-corrected chi connectivity index (χ2v) is 7.35. The predicted molar refractivity (Wildman–Crippen MR) is 86.0 cm³/mol. The Kier molecular flexibility index (Phi) is 4.38. The van der Waals surface area contributed by atoms with E-state index in [0.29, 0.717) is 24.6 Å². The first-order valence-corrected chi connectivity index (χ1v) is 8.90. The number of hydrogen-bond donors (Lipinski definition) is 1. The standard InChI is InChI=1S/C16H16ClNO3S/c17-14-3-1-2-12(10-14)6-8-18-22(19,20)15-4-5-16-13(11-15)7-9-21-16/h1-5,10-11,18H,6-9H2. The van der Waals surface area contributed by atoms with Crippen molar-refractivity contribution in [1.82, 2.24) is 4.72 Å². The largest absolute Gasteiger partial charge is 0.493 e. The number of hydrogen-bond acceptors (Lipinski definition) is 3. The highest BCUT2D eigenvalue weighted by Gasteiger charge is 2.18. The molecule has 0 unspecified atom stereocenters. The second-order valence-electron chi connectivity index (χ2n) is 5.15. The summed E-state index contributed by atoms with van der Waals surface area (Å²) in [4.78, 5) is 0.280. The Balaban J connectivity index is 1.66. The van der Waals surface area contributed by atoms with Gasteiger partial charge in [-0.1, -0.05) is 23.7 Å². The van der Waals surface area contributed by atoms with Gasteiger partial charge in [0.25, 0.3) is 0 Å². The molecule has 0 saturated carbocycles. The van der Waals surface area contributed by atoms with Crippen LogP contribution in [0, 0.1) is 0 Å². The third-order valence-corrected chi connectivity index (χ3v) is 5.26. The zero-order valence-corrected chi connectivity index (χ0v) is 13.5. The summed E-state index contributed by atoms with van der Waals surface area (Å²) in [6.07, 6.45) is 1.34. The fourth-order valence-electron chi connectivity index (χ4n) is 2.44. The van der Waals surface area contributed by atoms with Crippen LogP contribution in [0.15, 0.2) is 47.4 Å². The molecule has 0 fully saturated rings. The van der Waals surface area contributed by atoms with Crippen LogP contribution in [0.5, 0.6) is 5.75 Å². The van der Waals surface area contributed by atoms with E-state index in [1.54, 1.807) is 24.3 Å². The maximum absolute atomic E-state index is 12.3. The Morgan fingerprint density at radius 3 is 2.86 bits per heavy atom. The molecule has 0 spiro atoms. The monoisotopic (exact) mass is 337 g/mol. The van der Waals surface area contributed by atoms with Gasteiger partial charge >= 0.3 is 0 Å². The summed E-state index contributed by atoms with van der Waals surface area (Å²) in [5.41, 5.74) is 1.94. The molecule has 1 heterocycles. The highest BCUT2D eigenvalue weighted by molar-refractivity contribution is 7.89. The molecule has 1 aliphatic rings. The summed E-state index contributed by atoms with van der Waals surface area (Å²) in [7, 11) is -3.50. The van der Waals surface area contributed by atoms with Gasteiger partial charge in [0.05, 0.1) is 11.5 Å². The van der Waals surface area contributed by atoms with Crippen LogP contribution in [-0.2, 0) is 22.9 Å². The van der Waals surface area contributed by atoms with Crippen LogP contribution >= 0.6 is 11.6 Å². The summed E-state index contributed by atoms with van der Waals surface area (Å²) in [5.74, 6) is 0.776. The minimum atomic E-state index is -3.50.